The van der Waals surface area contributed by atoms with Crippen LogP contribution >= 0.6 is 0 Å². The SMILES string of the molecule is C=CCN1CCC(NC(=O)CCn2cncc(-c3nc(C)no3)c2=O)CC1. The fraction of sp³-hybridized carbons (Fsp3) is 0.500. The summed E-state index contributed by atoms with van der Waals surface area (Å²) in [5, 5.41) is 6.74. The highest BCUT2D eigenvalue weighted by atomic mass is 16.5. The number of hydrogen-bond donors (Lipinski definition) is 1. The number of carbonyl (C=O) groups is 1. The molecule has 1 aliphatic rings. The molecule has 0 spiro atoms. The first kappa shape index (κ1) is 19.0. The van der Waals surface area contributed by atoms with E-state index < -0.39 is 0 Å². The molecule has 9 nitrogen and oxygen atoms in total. The molecule has 0 aromatic carbocycles. The van der Waals surface area contributed by atoms with Crippen molar-refractivity contribution < 1.29 is 9.32 Å². The van der Waals surface area contributed by atoms with Gasteiger partial charge in [0.25, 0.3) is 11.4 Å². The molecule has 0 saturated carbocycles. The molecule has 1 saturated heterocycles. The van der Waals surface area contributed by atoms with Gasteiger partial charge in [0.05, 0.1) is 6.33 Å². The van der Waals surface area contributed by atoms with Gasteiger partial charge in [0, 0.05) is 44.8 Å². The van der Waals surface area contributed by atoms with Crippen molar-refractivity contribution in [1.82, 2.24) is 29.9 Å². The fourth-order valence-electron chi connectivity index (χ4n) is 3.13. The van der Waals surface area contributed by atoms with Crippen LogP contribution in [0, 0.1) is 6.92 Å². The first-order chi connectivity index (χ1) is 13.1. The van der Waals surface area contributed by atoms with E-state index in [0.717, 1.165) is 32.5 Å². The Morgan fingerprint density at radius 2 is 2.22 bits per heavy atom. The van der Waals surface area contributed by atoms with Gasteiger partial charge in [0.2, 0.25) is 5.91 Å². The number of amides is 1. The van der Waals surface area contributed by atoms with E-state index in [-0.39, 0.29) is 41.9 Å². The molecular formula is C18H24N6O3. The van der Waals surface area contributed by atoms with Gasteiger partial charge in [-0.2, -0.15) is 4.98 Å². The van der Waals surface area contributed by atoms with Crippen molar-refractivity contribution in [1.29, 1.82) is 0 Å². The van der Waals surface area contributed by atoms with Gasteiger partial charge in [-0.15, -0.1) is 6.58 Å². The summed E-state index contributed by atoms with van der Waals surface area (Å²) in [4.78, 5) is 35.2. The molecule has 0 unspecified atom stereocenters. The highest BCUT2D eigenvalue weighted by Gasteiger charge is 2.20. The van der Waals surface area contributed by atoms with Gasteiger partial charge in [-0.25, -0.2) is 4.98 Å². The maximum Gasteiger partial charge on any atom is 0.266 e. The van der Waals surface area contributed by atoms with Crippen LogP contribution in [0.3, 0.4) is 0 Å². The number of rotatable bonds is 7. The zero-order valence-corrected chi connectivity index (χ0v) is 15.4. The van der Waals surface area contributed by atoms with Gasteiger partial charge in [0.1, 0.15) is 5.56 Å². The highest BCUT2D eigenvalue weighted by Crippen LogP contribution is 2.11. The Bertz CT molecular complexity index is 851. The Labute approximate surface area is 157 Å². The van der Waals surface area contributed by atoms with E-state index in [4.69, 9.17) is 4.52 Å². The van der Waals surface area contributed by atoms with Crippen molar-refractivity contribution in [2.75, 3.05) is 19.6 Å². The Morgan fingerprint density at radius 3 is 2.89 bits per heavy atom. The largest absolute Gasteiger partial charge is 0.353 e. The third-order valence-corrected chi connectivity index (χ3v) is 4.58. The molecule has 0 aliphatic carbocycles. The zero-order valence-electron chi connectivity index (χ0n) is 15.4. The molecule has 1 amide bonds. The van der Waals surface area contributed by atoms with Crippen LogP contribution in [-0.2, 0) is 11.3 Å². The molecule has 0 atom stereocenters. The molecule has 3 heterocycles. The molecule has 1 aliphatic heterocycles. The molecule has 0 bridgehead atoms. The van der Waals surface area contributed by atoms with E-state index in [1.54, 1.807) is 6.92 Å². The number of aryl methyl sites for hydroxylation is 2. The molecule has 27 heavy (non-hydrogen) atoms. The topological polar surface area (TPSA) is 106 Å². The lowest BCUT2D eigenvalue weighted by Gasteiger charge is -2.31. The van der Waals surface area contributed by atoms with E-state index in [2.05, 4.69) is 31.9 Å². The third kappa shape index (κ3) is 4.88. The average Bonchev–Trinajstić information content (AvgIpc) is 3.09. The number of carbonyl (C=O) groups excluding carboxylic acids is 1. The smallest absolute Gasteiger partial charge is 0.266 e. The molecule has 0 radical (unpaired) electrons. The molecule has 144 valence electrons. The van der Waals surface area contributed by atoms with Crippen molar-refractivity contribution in [2.24, 2.45) is 0 Å². The van der Waals surface area contributed by atoms with Gasteiger partial charge in [-0.05, 0) is 19.8 Å². The minimum Gasteiger partial charge on any atom is -0.353 e. The maximum absolute atomic E-state index is 12.5. The van der Waals surface area contributed by atoms with Crippen LogP contribution in [0.15, 0.2) is 34.5 Å². The second kappa shape index (κ2) is 8.72. The van der Waals surface area contributed by atoms with Crippen LogP contribution in [0.25, 0.3) is 11.5 Å². The monoisotopic (exact) mass is 372 g/mol. The van der Waals surface area contributed by atoms with Crippen LogP contribution in [0.4, 0.5) is 0 Å². The summed E-state index contributed by atoms with van der Waals surface area (Å²) in [5.74, 6) is 0.511. The van der Waals surface area contributed by atoms with Crippen molar-refractivity contribution in [3.05, 3.63) is 41.4 Å². The van der Waals surface area contributed by atoms with Gasteiger partial charge in [-0.1, -0.05) is 11.2 Å². The molecule has 1 N–H and O–H groups in total. The first-order valence-corrected chi connectivity index (χ1v) is 9.04. The van der Waals surface area contributed by atoms with Gasteiger partial charge in [-0.3, -0.25) is 19.1 Å². The number of aromatic nitrogens is 4. The summed E-state index contributed by atoms with van der Waals surface area (Å²) in [5.41, 5.74) is -0.0766. The Kier molecular flexibility index (Phi) is 6.12. The molecule has 3 rings (SSSR count). The van der Waals surface area contributed by atoms with Crippen molar-refractivity contribution in [3.63, 3.8) is 0 Å². The number of likely N-dealkylation sites (tertiary alicyclic amines) is 1. The normalized spacial score (nSPS) is 15.6. The lowest BCUT2D eigenvalue weighted by Crippen LogP contribution is -2.44. The van der Waals surface area contributed by atoms with Crippen LogP contribution in [-0.4, -0.2) is 56.2 Å². The van der Waals surface area contributed by atoms with Gasteiger partial charge < -0.3 is 9.84 Å². The standard InChI is InChI=1S/C18H24N6O3/c1-3-7-23-8-4-14(5-9-23)21-16(25)6-10-24-12-19-11-15(18(24)26)17-20-13(2)22-27-17/h3,11-12,14H,1,4-10H2,2H3,(H,21,25). The summed E-state index contributed by atoms with van der Waals surface area (Å²) in [6, 6.07) is 0.182. The lowest BCUT2D eigenvalue weighted by molar-refractivity contribution is -0.122. The number of nitrogens with one attached hydrogen (secondary N) is 1. The summed E-state index contributed by atoms with van der Waals surface area (Å²) in [6.07, 6.45) is 6.76. The number of piperidine rings is 1. The summed E-state index contributed by atoms with van der Waals surface area (Å²) in [7, 11) is 0. The highest BCUT2D eigenvalue weighted by molar-refractivity contribution is 5.76. The van der Waals surface area contributed by atoms with Gasteiger partial charge in [0.15, 0.2) is 5.82 Å². The van der Waals surface area contributed by atoms with E-state index in [1.807, 2.05) is 6.08 Å². The second-order valence-electron chi connectivity index (χ2n) is 6.63. The lowest BCUT2D eigenvalue weighted by atomic mass is 10.0. The number of nitrogens with zero attached hydrogens (tertiary/aromatic N) is 5. The van der Waals surface area contributed by atoms with Crippen LogP contribution in [0.5, 0.6) is 0 Å². The molecular weight excluding hydrogens is 348 g/mol. The van der Waals surface area contributed by atoms with E-state index >= 15 is 0 Å². The second-order valence-corrected chi connectivity index (χ2v) is 6.63. The molecule has 1 fully saturated rings. The quantitative estimate of drug-likeness (QED) is 0.715. The van der Waals surface area contributed by atoms with Crippen molar-refractivity contribution >= 4 is 5.91 Å². The minimum absolute atomic E-state index is 0.0666. The summed E-state index contributed by atoms with van der Waals surface area (Å²) >= 11 is 0. The predicted octanol–water partition coefficient (Wildman–Crippen LogP) is 0.758. The Morgan fingerprint density at radius 1 is 1.44 bits per heavy atom. The predicted molar refractivity (Wildman–Crippen MR) is 98.9 cm³/mol. The summed E-state index contributed by atoms with van der Waals surface area (Å²) in [6.45, 7) is 8.45. The first-order valence-electron chi connectivity index (χ1n) is 9.04. The third-order valence-electron chi connectivity index (χ3n) is 4.58. The van der Waals surface area contributed by atoms with Crippen LogP contribution in [0.1, 0.15) is 25.1 Å². The fourth-order valence-corrected chi connectivity index (χ4v) is 3.13. The Balaban J connectivity index is 1.54. The van der Waals surface area contributed by atoms with Crippen LogP contribution < -0.4 is 10.9 Å². The van der Waals surface area contributed by atoms with E-state index in [9.17, 15) is 9.59 Å². The number of hydrogen-bond acceptors (Lipinski definition) is 7. The van der Waals surface area contributed by atoms with Crippen molar-refractivity contribution in [3.8, 4) is 11.5 Å². The van der Waals surface area contributed by atoms with E-state index in [1.165, 1.54) is 17.1 Å². The van der Waals surface area contributed by atoms with Crippen molar-refractivity contribution in [2.45, 2.75) is 38.8 Å². The van der Waals surface area contributed by atoms with E-state index in [0.29, 0.717) is 5.82 Å². The average molecular weight is 372 g/mol. The Hall–Kier alpha value is -2.81. The van der Waals surface area contributed by atoms with Crippen LogP contribution in [0.2, 0.25) is 0 Å². The minimum atomic E-state index is -0.306. The maximum atomic E-state index is 12.5. The zero-order chi connectivity index (χ0) is 19.2. The van der Waals surface area contributed by atoms with Gasteiger partial charge >= 0.3 is 0 Å². The molecule has 2 aromatic rings. The molecule has 9 heteroatoms. The summed E-state index contributed by atoms with van der Waals surface area (Å²) < 4.78 is 6.42. The molecule has 2 aromatic heterocycles.